The van der Waals surface area contributed by atoms with Gasteiger partial charge in [0, 0.05) is 63.5 Å². The van der Waals surface area contributed by atoms with Crippen molar-refractivity contribution in [2.75, 3.05) is 39.3 Å². The molecular formula is C38H49CaN3O9. The van der Waals surface area contributed by atoms with Crippen LogP contribution in [0.2, 0.25) is 0 Å². The van der Waals surface area contributed by atoms with Gasteiger partial charge in [0.15, 0.2) is 0 Å². The number of aliphatic carboxylic acids is 2. The summed E-state index contributed by atoms with van der Waals surface area (Å²) in [5, 5.41) is 21.5. The normalized spacial score (nSPS) is 18.0. The topological polar surface area (TPSA) is 160 Å². The number of piperidine rings is 3. The fourth-order valence-corrected chi connectivity index (χ4v) is 6.63. The largest absolute Gasteiger partial charge is 2.00 e. The van der Waals surface area contributed by atoms with E-state index >= 15 is 0 Å². The first-order chi connectivity index (χ1) is 24.2. The Bertz CT molecular complexity index is 1380. The maximum absolute atomic E-state index is 12.4. The number of hydrogen-bond donors (Lipinski definition) is 0. The Morgan fingerprint density at radius 1 is 0.608 bits per heavy atom. The maximum Gasteiger partial charge on any atom is 2.00 e. The van der Waals surface area contributed by atoms with E-state index in [0.717, 1.165) is 43.2 Å². The van der Waals surface area contributed by atoms with E-state index in [1.165, 1.54) is 0 Å². The zero-order chi connectivity index (χ0) is 35.7. The molecule has 3 saturated heterocycles. The first kappa shape index (κ1) is 42.1. The third-order valence-corrected chi connectivity index (χ3v) is 9.79. The molecule has 3 amide bonds. The molecular weight excluding hydrogens is 683 g/mol. The summed E-state index contributed by atoms with van der Waals surface area (Å²) in [7, 11) is 0. The Morgan fingerprint density at radius 3 is 1.49 bits per heavy atom. The SMILES string of the molecule is O=C([O-])CCC1CCN(C(=O)OCc2ccccc2)CC1.O=C([O-])[C@@H]1CCCN(C(=O)CCC2CCN(C(=O)OCc3ccccc3)CC2)C1.[Ca+2]. The van der Waals surface area contributed by atoms with Crippen LogP contribution in [0.1, 0.15) is 75.3 Å². The minimum Gasteiger partial charge on any atom is -0.550 e. The zero-order valence-corrected chi connectivity index (χ0v) is 31.7. The number of hydrogen-bond acceptors (Lipinski definition) is 9. The van der Waals surface area contributed by atoms with E-state index in [9.17, 15) is 34.2 Å². The van der Waals surface area contributed by atoms with Crippen molar-refractivity contribution in [1.82, 2.24) is 14.7 Å². The predicted octanol–water partition coefficient (Wildman–Crippen LogP) is 2.99. The van der Waals surface area contributed by atoms with Crippen molar-refractivity contribution in [3.05, 3.63) is 71.8 Å². The van der Waals surface area contributed by atoms with Gasteiger partial charge in [0.05, 0.1) is 0 Å². The maximum atomic E-state index is 12.4. The Labute approximate surface area is 330 Å². The third kappa shape index (κ3) is 15.0. The number of carboxylic acids is 2. The van der Waals surface area contributed by atoms with Gasteiger partial charge in [-0.2, -0.15) is 0 Å². The quantitative estimate of drug-likeness (QED) is 0.317. The fourth-order valence-electron chi connectivity index (χ4n) is 6.63. The minimum absolute atomic E-state index is 0. The molecule has 5 rings (SSSR count). The number of amides is 3. The first-order valence-electron chi connectivity index (χ1n) is 17.8. The van der Waals surface area contributed by atoms with E-state index in [4.69, 9.17) is 9.47 Å². The summed E-state index contributed by atoms with van der Waals surface area (Å²) in [4.78, 5) is 63.2. The van der Waals surface area contributed by atoms with Gasteiger partial charge in [0.1, 0.15) is 13.2 Å². The van der Waals surface area contributed by atoms with Crippen molar-refractivity contribution in [1.29, 1.82) is 0 Å². The van der Waals surface area contributed by atoms with Crippen LogP contribution in [0.5, 0.6) is 0 Å². The summed E-state index contributed by atoms with van der Waals surface area (Å²) in [5.41, 5.74) is 1.93. The van der Waals surface area contributed by atoms with E-state index in [-0.39, 0.29) is 82.0 Å². The van der Waals surface area contributed by atoms with Crippen LogP contribution >= 0.6 is 0 Å². The summed E-state index contributed by atoms with van der Waals surface area (Å²) in [5.74, 6) is -1.81. The van der Waals surface area contributed by atoms with E-state index in [1.807, 2.05) is 60.7 Å². The molecule has 2 aromatic rings. The molecule has 12 nitrogen and oxygen atoms in total. The van der Waals surface area contributed by atoms with Crippen LogP contribution in [-0.4, -0.2) is 122 Å². The van der Waals surface area contributed by atoms with Crippen LogP contribution in [0, 0.1) is 17.8 Å². The summed E-state index contributed by atoms with van der Waals surface area (Å²) in [6.07, 6.45) is 6.03. The van der Waals surface area contributed by atoms with Crippen LogP contribution in [0.25, 0.3) is 0 Å². The van der Waals surface area contributed by atoms with Crippen LogP contribution in [-0.2, 0) is 37.1 Å². The molecule has 0 radical (unpaired) electrons. The molecule has 3 aliphatic heterocycles. The van der Waals surface area contributed by atoms with Crippen LogP contribution in [0.3, 0.4) is 0 Å². The standard InChI is InChI=1S/C22H30N2O5.C16H21NO4.Ca/c25-20(24-12-4-7-19(15-24)21(26)27)9-8-17-10-13-23(14-11-17)22(28)29-16-18-5-2-1-3-6-18;18-15(19)7-6-13-8-10-17(11-9-13)16(20)21-12-14-4-2-1-3-5-14;/h1-3,5-6,17,19H,4,7-16H2,(H,26,27);1-5,13H,6-12H2,(H,18,19);/q;;+2/p-2/t19-;;/m1../s1. The number of carboxylic acid groups (broad SMARTS) is 2. The minimum atomic E-state index is -1.06. The summed E-state index contributed by atoms with van der Waals surface area (Å²) >= 11 is 0. The number of carbonyl (C=O) groups excluding carboxylic acids is 5. The van der Waals surface area contributed by atoms with Crippen molar-refractivity contribution in [3.8, 4) is 0 Å². The molecule has 0 unspecified atom stereocenters. The monoisotopic (exact) mass is 731 g/mol. The first-order valence-corrected chi connectivity index (χ1v) is 17.8. The Balaban J connectivity index is 0.000000284. The van der Waals surface area contributed by atoms with E-state index in [2.05, 4.69) is 0 Å². The van der Waals surface area contributed by atoms with Gasteiger partial charge in [0.25, 0.3) is 0 Å². The number of carbonyl (C=O) groups is 5. The van der Waals surface area contributed by atoms with E-state index < -0.39 is 17.9 Å². The molecule has 0 spiro atoms. The second kappa shape index (κ2) is 22.6. The van der Waals surface area contributed by atoms with Gasteiger partial charge < -0.3 is 44.0 Å². The molecule has 2 aromatic carbocycles. The number of likely N-dealkylation sites (tertiary alicyclic amines) is 3. The van der Waals surface area contributed by atoms with Crippen molar-refractivity contribution in [2.24, 2.45) is 17.8 Å². The Kier molecular flexibility index (Phi) is 18.6. The molecule has 1 atom stereocenters. The number of ether oxygens (including phenoxy) is 2. The second-order valence-electron chi connectivity index (χ2n) is 13.4. The van der Waals surface area contributed by atoms with Crippen molar-refractivity contribution in [3.63, 3.8) is 0 Å². The number of benzene rings is 2. The average Bonchev–Trinajstić information content (AvgIpc) is 3.15. The Hall–Kier alpha value is -3.35. The second-order valence-corrected chi connectivity index (χ2v) is 13.4. The predicted molar refractivity (Wildman–Crippen MR) is 185 cm³/mol. The van der Waals surface area contributed by atoms with E-state index in [0.29, 0.717) is 70.2 Å². The number of rotatable bonds is 11. The van der Waals surface area contributed by atoms with Crippen LogP contribution in [0.15, 0.2) is 60.7 Å². The van der Waals surface area contributed by atoms with Crippen molar-refractivity contribution in [2.45, 2.75) is 77.4 Å². The van der Waals surface area contributed by atoms with Gasteiger partial charge in [-0.1, -0.05) is 60.7 Å². The molecule has 51 heavy (non-hydrogen) atoms. The molecule has 3 aliphatic rings. The molecule has 0 bridgehead atoms. The molecule has 3 fully saturated rings. The smallest absolute Gasteiger partial charge is 0.550 e. The summed E-state index contributed by atoms with van der Waals surface area (Å²) in [6.45, 7) is 4.00. The van der Waals surface area contributed by atoms with Gasteiger partial charge in [-0.3, -0.25) is 4.79 Å². The molecule has 0 aliphatic carbocycles. The van der Waals surface area contributed by atoms with Crippen LogP contribution < -0.4 is 10.2 Å². The van der Waals surface area contributed by atoms with Gasteiger partial charge in [-0.25, -0.2) is 9.59 Å². The molecule has 3 heterocycles. The van der Waals surface area contributed by atoms with E-state index in [1.54, 1.807) is 14.7 Å². The van der Waals surface area contributed by atoms with Gasteiger partial charge in [-0.15, -0.1) is 0 Å². The van der Waals surface area contributed by atoms with Gasteiger partial charge in [0.2, 0.25) is 5.91 Å². The fraction of sp³-hybridized carbons (Fsp3) is 0.553. The van der Waals surface area contributed by atoms with Crippen molar-refractivity contribution < 1.29 is 43.7 Å². The molecule has 0 N–H and O–H groups in total. The molecule has 13 heteroatoms. The number of nitrogens with zero attached hydrogens (tertiary/aromatic N) is 3. The molecule has 272 valence electrons. The summed E-state index contributed by atoms with van der Waals surface area (Å²) < 4.78 is 10.7. The average molecular weight is 732 g/mol. The van der Waals surface area contributed by atoms with Crippen LogP contribution in [0.4, 0.5) is 9.59 Å². The Morgan fingerprint density at radius 2 is 1.06 bits per heavy atom. The molecule has 0 saturated carbocycles. The van der Waals surface area contributed by atoms with Gasteiger partial charge in [-0.05, 0) is 80.8 Å². The molecule has 0 aromatic heterocycles. The van der Waals surface area contributed by atoms with Crippen molar-refractivity contribution >= 4 is 67.8 Å². The summed E-state index contributed by atoms with van der Waals surface area (Å²) in [6, 6.07) is 19.2. The zero-order valence-electron chi connectivity index (χ0n) is 29.5. The third-order valence-electron chi connectivity index (χ3n) is 9.79. The van der Waals surface area contributed by atoms with Gasteiger partial charge >= 0.3 is 49.9 Å².